The molecule has 0 aliphatic carbocycles. The zero-order valence-electron chi connectivity index (χ0n) is 10.8. The average Bonchev–Trinajstić information content (AvgIpc) is 2.67. The van der Waals surface area contributed by atoms with Crippen LogP contribution in [0, 0.1) is 0 Å². The van der Waals surface area contributed by atoms with Gasteiger partial charge in [-0.15, -0.1) is 0 Å². The first-order valence-electron chi connectivity index (χ1n) is 6.45. The lowest BCUT2D eigenvalue weighted by Crippen LogP contribution is -2.40. The van der Waals surface area contributed by atoms with E-state index in [-0.39, 0.29) is 24.4 Å². The average molecular weight is 246 g/mol. The van der Waals surface area contributed by atoms with Gasteiger partial charge in [-0.3, -0.25) is 0 Å². The van der Waals surface area contributed by atoms with Crippen molar-refractivity contribution in [1.82, 2.24) is 0 Å². The summed E-state index contributed by atoms with van der Waals surface area (Å²) in [4.78, 5) is 0. The maximum atomic E-state index is 5.77. The lowest BCUT2D eigenvalue weighted by Gasteiger charge is -2.23. The van der Waals surface area contributed by atoms with Gasteiger partial charge in [0.1, 0.15) is 19.0 Å². The Kier molecular flexibility index (Phi) is 4.76. The molecule has 2 fully saturated rings. The summed E-state index contributed by atoms with van der Waals surface area (Å²) in [5.74, 6) is 0. The highest BCUT2D eigenvalue weighted by Crippen LogP contribution is 2.32. The third-order valence-corrected chi connectivity index (χ3v) is 3.26. The molecule has 17 heavy (non-hydrogen) atoms. The molecule has 0 aromatic rings. The second-order valence-electron chi connectivity index (χ2n) is 4.29. The van der Waals surface area contributed by atoms with E-state index in [4.69, 9.17) is 23.7 Å². The molecule has 4 atom stereocenters. The van der Waals surface area contributed by atoms with Crippen LogP contribution in [0.2, 0.25) is 0 Å². The van der Waals surface area contributed by atoms with Crippen LogP contribution >= 0.6 is 0 Å². The van der Waals surface area contributed by atoms with Gasteiger partial charge >= 0.3 is 0 Å². The number of hydrogen-bond donors (Lipinski definition) is 0. The van der Waals surface area contributed by atoms with Crippen molar-refractivity contribution >= 4 is 0 Å². The summed E-state index contributed by atoms with van der Waals surface area (Å²) in [6.45, 7) is 6.37. The largest absolute Gasteiger partial charge is 0.349 e. The van der Waals surface area contributed by atoms with Crippen LogP contribution in [-0.2, 0) is 23.7 Å². The van der Waals surface area contributed by atoms with E-state index in [9.17, 15) is 0 Å². The third-order valence-electron chi connectivity index (χ3n) is 3.26. The Hall–Kier alpha value is -0.200. The topological polar surface area (TPSA) is 46.2 Å². The molecule has 0 N–H and O–H groups in total. The van der Waals surface area contributed by atoms with Crippen molar-refractivity contribution in [2.75, 3.05) is 13.4 Å². The highest BCUT2D eigenvalue weighted by molar-refractivity contribution is 4.89. The van der Waals surface area contributed by atoms with Gasteiger partial charge in [0, 0.05) is 6.61 Å². The molecule has 0 bridgehead atoms. The molecular formula is C12H22O5. The lowest BCUT2D eigenvalue weighted by atomic mass is 10.0. The highest BCUT2D eigenvalue weighted by atomic mass is 16.9. The normalized spacial score (nSPS) is 39.0. The maximum absolute atomic E-state index is 5.77. The van der Waals surface area contributed by atoms with Gasteiger partial charge in [-0.2, -0.15) is 0 Å². The highest BCUT2D eigenvalue weighted by Gasteiger charge is 2.47. The number of hydrogen-bond acceptors (Lipinski definition) is 5. The van der Waals surface area contributed by atoms with Gasteiger partial charge in [0.05, 0.1) is 12.2 Å². The Morgan fingerprint density at radius 1 is 0.941 bits per heavy atom. The molecular weight excluding hydrogens is 224 g/mol. The zero-order chi connectivity index (χ0) is 12.3. The first-order chi connectivity index (χ1) is 8.30. The van der Waals surface area contributed by atoms with Gasteiger partial charge in [0.15, 0.2) is 0 Å². The van der Waals surface area contributed by atoms with E-state index in [1.807, 2.05) is 6.92 Å². The van der Waals surface area contributed by atoms with E-state index < -0.39 is 6.48 Å². The van der Waals surface area contributed by atoms with Gasteiger partial charge in [-0.1, -0.05) is 13.8 Å². The van der Waals surface area contributed by atoms with Gasteiger partial charge in [-0.25, -0.2) is 0 Å². The van der Waals surface area contributed by atoms with Crippen LogP contribution in [0.3, 0.4) is 0 Å². The second-order valence-corrected chi connectivity index (χ2v) is 4.29. The van der Waals surface area contributed by atoms with Crippen molar-refractivity contribution in [2.45, 2.75) is 64.5 Å². The van der Waals surface area contributed by atoms with Gasteiger partial charge in [0.25, 0.3) is 6.48 Å². The molecule has 0 saturated carbocycles. The van der Waals surface area contributed by atoms with Crippen molar-refractivity contribution in [2.24, 2.45) is 0 Å². The van der Waals surface area contributed by atoms with Crippen LogP contribution in [0.15, 0.2) is 0 Å². The fourth-order valence-corrected chi connectivity index (χ4v) is 2.36. The molecule has 5 heteroatoms. The first kappa shape index (κ1) is 13.2. The smallest absolute Gasteiger partial charge is 0.272 e. The Morgan fingerprint density at radius 2 is 1.47 bits per heavy atom. The van der Waals surface area contributed by atoms with Crippen LogP contribution in [0.25, 0.3) is 0 Å². The van der Waals surface area contributed by atoms with Crippen molar-refractivity contribution in [1.29, 1.82) is 0 Å². The predicted octanol–water partition coefficient (Wildman–Crippen LogP) is 1.65. The van der Waals surface area contributed by atoms with Crippen LogP contribution in [0.5, 0.6) is 0 Å². The van der Waals surface area contributed by atoms with Gasteiger partial charge in [-0.05, 0) is 19.8 Å². The number of ether oxygens (including phenoxy) is 5. The van der Waals surface area contributed by atoms with Crippen molar-refractivity contribution in [3.63, 3.8) is 0 Å². The molecule has 0 spiro atoms. The van der Waals surface area contributed by atoms with Crippen LogP contribution in [-0.4, -0.2) is 44.3 Å². The molecule has 0 amide bonds. The quantitative estimate of drug-likeness (QED) is 0.754. The predicted molar refractivity (Wildman–Crippen MR) is 60.4 cm³/mol. The standard InChI is InChI=1S/C12H22O5/c1-4-8-10-11(9(5-2)15-7-14-8)17-12(16-10)13-6-3/h8-12H,4-7H2,1-3H3/t8-,9-,10-,11-/m0/s1. The van der Waals surface area contributed by atoms with Crippen LogP contribution < -0.4 is 0 Å². The minimum absolute atomic E-state index is 0.0157. The van der Waals surface area contributed by atoms with Gasteiger partial charge in [0.2, 0.25) is 0 Å². The fraction of sp³-hybridized carbons (Fsp3) is 1.00. The summed E-state index contributed by atoms with van der Waals surface area (Å²) < 4.78 is 28.2. The van der Waals surface area contributed by atoms with Crippen molar-refractivity contribution < 1.29 is 23.7 Å². The summed E-state index contributed by atoms with van der Waals surface area (Å²) in [7, 11) is 0. The fourth-order valence-electron chi connectivity index (χ4n) is 2.36. The molecule has 2 saturated heterocycles. The summed E-state index contributed by atoms with van der Waals surface area (Å²) in [6.07, 6.45) is 1.60. The third kappa shape index (κ3) is 2.80. The zero-order valence-corrected chi connectivity index (χ0v) is 10.8. The Balaban J connectivity index is 2.07. The van der Waals surface area contributed by atoms with Gasteiger partial charge < -0.3 is 23.7 Å². The number of rotatable bonds is 4. The molecule has 2 rings (SSSR count). The van der Waals surface area contributed by atoms with E-state index in [1.165, 1.54) is 0 Å². The molecule has 0 aromatic carbocycles. The molecule has 2 aliphatic heterocycles. The minimum atomic E-state index is -0.580. The number of fused-ring (bicyclic) bond motifs is 1. The second kappa shape index (κ2) is 6.11. The summed E-state index contributed by atoms with van der Waals surface area (Å²) >= 11 is 0. The molecule has 2 aliphatic rings. The van der Waals surface area contributed by atoms with E-state index in [2.05, 4.69) is 13.8 Å². The Bertz CT molecular complexity index is 215. The summed E-state index contributed by atoms with van der Waals surface area (Å²) in [5, 5.41) is 0. The molecule has 0 aromatic heterocycles. The molecule has 0 unspecified atom stereocenters. The summed E-state index contributed by atoms with van der Waals surface area (Å²) in [6, 6.07) is 0. The van der Waals surface area contributed by atoms with Crippen molar-refractivity contribution in [3.05, 3.63) is 0 Å². The van der Waals surface area contributed by atoms with E-state index in [1.54, 1.807) is 0 Å². The molecule has 100 valence electrons. The monoisotopic (exact) mass is 246 g/mol. The van der Waals surface area contributed by atoms with E-state index in [0.29, 0.717) is 13.4 Å². The lowest BCUT2D eigenvalue weighted by molar-refractivity contribution is -0.259. The van der Waals surface area contributed by atoms with E-state index in [0.717, 1.165) is 12.8 Å². The van der Waals surface area contributed by atoms with E-state index >= 15 is 0 Å². The molecule has 5 nitrogen and oxygen atoms in total. The first-order valence-corrected chi connectivity index (χ1v) is 6.45. The SMILES string of the molecule is CCOC1O[C@@H]2[C@@H](O1)[C@H](CC)OCO[C@H]2CC. The molecule has 2 heterocycles. The molecule has 0 radical (unpaired) electrons. The van der Waals surface area contributed by atoms with Crippen LogP contribution in [0.4, 0.5) is 0 Å². The minimum Gasteiger partial charge on any atom is -0.349 e. The summed E-state index contributed by atoms with van der Waals surface area (Å²) in [5.41, 5.74) is 0. The Labute approximate surface area is 102 Å². The Morgan fingerprint density at radius 3 is 1.88 bits per heavy atom. The van der Waals surface area contributed by atoms with Crippen molar-refractivity contribution in [3.8, 4) is 0 Å². The van der Waals surface area contributed by atoms with Crippen LogP contribution in [0.1, 0.15) is 33.6 Å². The maximum Gasteiger partial charge on any atom is 0.272 e.